The van der Waals surface area contributed by atoms with Gasteiger partial charge in [0.15, 0.2) is 11.9 Å². The minimum atomic E-state index is -0.560. The zero-order valence-corrected chi connectivity index (χ0v) is 17.3. The summed E-state index contributed by atoms with van der Waals surface area (Å²) in [4.78, 5) is 0. The molecule has 0 fully saturated rings. The summed E-state index contributed by atoms with van der Waals surface area (Å²) in [7, 11) is 5.09. The predicted molar refractivity (Wildman–Crippen MR) is 105 cm³/mol. The fourth-order valence-corrected chi connectivity index (χ4v) is 4.04. The van der Waals surface area contributed by atoms with E-state index >= 15 is 0 Å². The summed E-state index contributed by atoms with van der Waals surface area (Å²) < 4.78 is 29.8. The van der Waals surface area contributed by atoms with Crippen LogP contribution in [0.1, 0.15) is 75.5 Å². The Kier molecular flexibility index (Phi) is 6.14. The summed E-state index contributed by atoms with van der Waals surface area (Å²) in [5.41, 5.74) is 2.42. The summed E-state index contributed by atoms with van der Waals surface area (Å²) >= 11 is 0. The molecule has 2 aliphatic heterocycles. The lowest BCUT2D eigenvalue weighted by molar-refractivity contribution is -0.206. The Morgan fingerprint density at radius 1 is 1.07 bits per heavy atom. The molecule has 5 heteroatoms. The molecule has 0 radical (unpaired) electrons. The van der Waals surface area contributed by atoms with Crippen LogP contribution in [0.15, 0.2) is 17.9 Å². The molecule has 0 N–H and O–H groups in total. The van der Waals surface area contributed by atoms with Crippen LogP contribution in [0.25, 0.3) is 6.08 Å². The fraction of sp³-hybridized carbons (Fsp3) is 0.636. The molecular weight excluding hydrogens is 344 g/mol. The first-order valence-corrected chi connectivity index (χ1v) is 9.79. The van der Waals surface area contributed by atoms with Gasteiger partial charge in [0.2, 0.25) is 0 Å². The lowest BCUT2D eigenvalue weighted by Crippen LogP contribution is -2.37. The van der Waals surface area contributed by atoms with Crippen molar-refractivity contribution in [2.75, 3.05) is 21.3 Å². The molecule has 1 aromatic carbocycles. The molecule has 0 unspecified atom stereocenters. The van der Waals surface area contributed by atoms with E-state index in [1.165, 1.54) is 12.8 Å². The molecule has 5 nitrogen and oxygen atoms in total. The molecule has 0 amide bonds. The van der Waals surface area contributed by atoms with Crippen molar-refractivity contribution in [3.05, 3.63) is 34.6 Å². The Balaban J connectivity index is 2.04. The van der Waals surface area contributed by atoms with Crippen LogP contribution in [0.4, 0.5) is 0 Å². The van der Waals surface area contributed by atoms with Gasteiger partial charge in [0.25, 0.3) is 0 Å². The maximum absolute atomic E-state index is 6.37. The summed E-state index contributed by atoms with van der Waals surface area (Å²) in [6.07, 6.45) is 5.82. The van der Waals surface area contributed by atoms with Crippen LogP contribution in [-0.2, 0) is 18.9 Å². The summed E-state index contributed by atoms with van der Waals surface area (Å²) in [6.45, 7) is 6.20. The van der Waals surface area contributed by atoms with Gasteiger partial charge in [-0.1, -0.05) is 38.3 Å². The zero-order valence-electron chi connectivity index (χ0n) is 17.3. The Morgan fingerprint density at radius 2 is 1.85 bits per heavy atom. The highest BCUT2D eigenvalue weighted by Gasteiger charge is 2.41. The average molecular weight is 376 g/mol. The van der Waals surface area contributed by atoms with Crippen LogP contribution >= 0.6 is 0 Å². The Bertz CT molecular complexity index is 694. The van der Waals surface area contributed by atoms with E-state index in [2.05, 4.69) is 19.1 Å². The first-order chi connectivity index (χ1) is 13.0. The zero-order chi connectivity index (χ0) is 19.6. The van der Waals surface area contributed by atoms with Gasteiger partial charge in [0.1, 0.15) is 17.6 Å². The van der Waals surface area contributed by atoms with Crippen molar-refractivity contribution in [3.8, 4) is 5.75 Å². The normalized spacial score (nSPS) is 25.9. The molecule has 0 aromatic heterocycles. The van der Waals surface area contributed by atoms with Gasteiger partial charge in [-0.3, -0.25) is 0 Å². The van der Waals surface area contributed by atoms with Gasteiger partial charge >= 0.3 is 0 Å². The van der Waals surface area contributed by atoms with Crippen LogP contribution < -0.4 is 4.74 Å². The van der Waals surface area contributed by atoms with Crippen LogP contribution in [0.3, 0.4) is 0 Å². The SMILES string of the molecule is CCCCC[C@@H]1O[C@@H](OC)c2c(ccc3c2OC(C)(C)C(OC)=C3)[C@@H]1OC. The fourth-order valence-electron chi connectivity index (χ4n) is 4.04. The van der Waals surface area contributed by atoms with Crippen molar-refractivity contribution < 1.29 is 23.7 Å². The molecule has 1 aromatic rings. The summed E-state index contributed by atoms with van der Waals surface area (Å²) in [6, 6.07) is 4.17. The Labute approximate surface area is 162 Å². The maximum Gasteiger partial charge on any atom is 0.187 e. The second-order valence-corrected chi connectivity index (χ2v) is 7.71. The number of hydrogen-bond donors (Lipinski definition) is 0. The number of benzene rings is 1. The van der Waals surface area contributed by atoms with E-state index < -0.39 is 11.9 Å². The van der Waals surface area contributed by atoms with Gasteiger partial charge in [-0.2, -0.15) is 0 Å². The molecule has 2 aliphatic rings. The van der Waals surface area contributed by atoms with Crippen LogP contribution in [0.2, 0.25) is 0 Å². The molecule has 0 bridgehead atoms. The van der Waals surface area contributed by atoms with Gasteiger partial charge in [-0.05, 0) is 31.9 Å². The smallest absolute Gasteiger partial charge is 0.187 e. The molecule has 2 heterocycles. The third-order valence-corrected chi connectivity index (χ3v) is 5.46. The van der Waals surface area contributed by atoms with Crippen molar-refractivity contribution in [1.29, 1.82) is 0 Å². The highest BCUT2D eigenvalue weighted by atomic mass is 16.7. The minimum Gasteiger partial charge on any atom is -0.497 e. The van der Waals surface area contributed by atoms with E-state index in [1.54, 1.807) is 21.3 Å². The van der Waals surface area contributed by atoms with Crippen LogP contribution in [0.5, 0.6) is 5.75 Å². The number of hydrogen-bond acceptors (Lipinski definition) is 5. The van der Waals surface area contributed by atoms with Gasteiger partial charge < -0.3 is 23.7 Å². The summed E-state index contributed by atoms with van der Waals surface area (Å²) in [5.74, 6) is 1.58. The van der Waals surface area contributed by atoms with Crippen molar-refractivity contribution in [3.63, 3.8) is 0 Å². The molecule has 0 saturated carbocycles. The van der Waals surface area contributed by atoms with Crippen molar-refractivity contribution in [1.82, 2.24) is 0 Å². The molecule has 27 heavy (non-hydrogen) atoms. The molecule has 0 spiro atoms. The van der Waals surface area contributed by atoms with Crippen LogP contribution in [-0.4, -0.2) is 33.0 Å². The van der Waals surface area contributed by atoms with E-state index in [0.717, 1.165) is 41.0 Å². The number of fused-ring (bicyclic) bond motifs is 3. The van der Waals surface area contributed by atoms with Crippen LogP contribution in [0, 0.1) is 0 Å². The number of rotatable bonds is 7. The monoisotopic (exact) mass is 376 g/mol. The van der Waals surface area contributed by atoms with Gasteiger partial charge in [-0.15, -0.1) is 0 Å². The quantitative estimate of drug-likeness (QED) is 0.615. The lowest BCUT2D eigenvalue weighted by atomic mass is 9.88. The standard InChI is InChI=1S/C22H32O5/c1-7-8-9-10-16-20(24-5)15-12-11-14-13-17(23-4)22(2,3)27-19(14)18(15)21(25-6)26-16/h11-13,16,20-21H,7-10H2,1-6H3/t16-,20-,21+/m0/s1. The van der Waals surface area contributed by atoms with Crippen molar-refractivity contribution >= 4 is 6.08 Å². The third kappa shape index (κ3) is 3.73. The molecular formula is C22H32O5. The van der Waals surface area contributed by atoms with Gasteiger partial charge in [0.05, 0.1) is 18.8 Å². The van der Waals surface area contributed by atoms with Gasteiger partial charge in [0, 0.05) is 19.8 Å². The molecule has 0 aliphatic carbocycles. The van der Waals surface area contributed by atoms with E-state index in [-0.39, 0.29) is 12.2 Å². The number of ether oxygens (including phenoxy) is 5. The second kappa shape index (κ2) is 8.21. The molecule has 0 saturated heterocycles. The first kappa shape index (κ1) is 20.2. The topological polar surface area (TPSA) is 46.2 Å². The van der Waals surface area contributed by atoms with E-state index in [1.807, 2.05) is 19.9 Å². The van der Waals surface area contributed by atoms with Gasteiger partial charge in [-0.25, -0.2) is 0 Å². The molecule has 3 atom stereocenters. The predicted octanol–water partition coefficient (Wildman–Crippen LogP) is 5.16. The third-order valence-electron chi connectivity index (χ3n) is 5.46. The largest absolute Gasteiger partial charge is 0.497 e. The van der Waals surface area contributed by atoms with Crippen molar-refractivity contribution in [2.24, 2.45) is 0 Å². The van der Waals surface area contributed by atoms with E-state index in [0.29, 0.717) is 0 Å². The highest BCUT2D eigenvalue weighted by Crippen LogP contribution is 2.49. The highest BCUT2D eigenvalue weighted by molar-refractivity contribution is 5.67. The lowest BCUT2D eigenvalue weighted by Gasteiger charge is -2.41. The number of methoxy groups -OCH3 is 3. The summed E-state index contributed by atoms with van der Waals surface area (Å²) in [5, 5.41) is 0. The Hall–Kier alpha value is -1.56. The molecule has 150 valence electrons. The Morgan fingerprint density at radius 3 is 2.48 bits per heavy atom. The number of unbranched alkanes of at least 4 members (excludes halogenated alkanes) is 2. The van der Waals surface area contributed by atoms with E-state index in [9.17, 15) is 0 Å². The van der Waals surface area contributed by atoms with E-state index in [4.69, 9.17) is 23.7 Å². The maximum atomic E-state index is 6.37. The first-order valence-electron chi connectivity index (χ1n) is 9.79. The second-order valence-electron chi connectivity index (χ2n) is 7.71. The molecule has 3 rings (SSSR count). The van der Waals surface area contributed by atoms with Crippen molar-refractivity contribution in [2.45, 2.75) is 70.6 Å². The average Bonchev–Trinajstić information content (AvgIpc) is 2.65. The minimum absolute atomic E-state index is 0.0290.